The number of hydrazine groups is 1. The molecule has 3 aromatic heterocycles. The number of rotatable bonds is 4. The van der Waals surface area contributed by atoms with E-state index in [2.05, 4.69) is 36.8 Å². The summed E-state index contributed by atoms with van der Waals surface area (Å²) in [5.41, 5.74) is 8.22. The summed E-state index contributed by atoms with van der Waals surface area (Å²) >= 11 is 0. The highest BCUT2D eigenvalue weighted by atomic mass is 16.2. The van der Waals surface area contributed by atoms with Crippen molar-refractivity contribution in [2.75, 3.05) is 18.0 Å². The summed E-state index contributed by atoms with van der Waals surface area (Å²) in [5, 5.41) is 9.63. The van der Waals surface area contributed by atoms with Crippen molar-refractivity contribution in [3.63, 3.8) is 0 Å². The molecule has 1 fully saturated rings. The van der Waals surface area contributed by atoms with Gasteiger partial charge in [0, 0.05) is 48.5 Å². The van der Waals surface area contributed by atoms with E-state index in [0.717, 1.165) is 11.4 Å². The molecule has 178 valence electrons. The Balaban J connectivity index is 1.24. The topological polar surface area (TPSA) is 124 Å². The zero-order valence-electron chi connectivity index (χ0n) is 19.4. The van der Waals surface area contributed by atoms with Crippen LogP contribution in [-0.2, 0) is 4.79 Å². The number of carbonyl (C=O) groups is 2. The van der Waals surface area contributed by atoms with Gasteiger partial charge in [0.2, 0.25) is 5.91 Å². The van der Waals surface area contributed by atoms with E-state index in [-0.39, 0.29) is 11.8 Å². The summed E-state index contributed by atoms with van der Waals surface area (Å²) in [5.74, 6) is -0.0665. The van der Waals surface area contributed by atoms with Crippen LogP contribution in [0.2, 0.25) is 0 Å². The molecule has 2 amide bonds. The van der Waals surface area contributed by atoms with E-state index >= 15 is 0 Å². The molecule has 0 saturated carbocycles. The van der Waals surface area contributed by atoms with Gasteiger partial charge in [0.05, 0.1) is 22.3 Å². The van der Waals surface area contributed by atoms with Crippen molar-refractivity contribution in [2.45, 2.75) is 12.8 Å². The van der Waals surface area contributed by atoms with Crippen LogP contribution in [0.3, 0.4) is 0 Å². The SMILES string of the molecule is N#Cc1ccc(N2CCC(C(=O)NNC(=O)c3cc(-c4cccnc4)nc4ccccc34)CC2)nc1. The number of hydrogen-bond acceptors (Lipinski definition) is 7. The maximum atomic E-state index is 13.1. The van der Waals surface area contributed by atoms with E-state index in [0.29, 0.717) is 53.7 Å². The number of carbonyl (C=O) groups excluding carboxylic acids is 2. The third-order valence-corrected chi connectivity index (χ3v) is 6.28. The maximum Gasteiger partial charge on any atom is 0.270 e. The number of nitrogens with one attached hydrogen (secondary N) is 2. The van der Waals surface area contributed by atoms with E-state index in [1.54, 1.807) is 30.7 Å². The van der Waals surface area contributed by atoms with Crippen molar-refractivity contribution in [1.29, 1.82) is 5.26 Å². The summed E-state index contributed by atoms with van der Waals surface area (Å²) in [4.78, 5) is 41.1. The van der Waals surface area contributed by atoms with Crippen LogP contribution in [0.1, 0.15) is 28.8 Å². The number of nitriles is 1. The Kier molecular flexibility index (Phi) is 6.49. The molecule has 0 spiro atoms. The summed E-state index contributed by atoms with van der Waals surface area (Å²) < 4.78 is 0. The molecule has 1 saturated heterocycles. The van der Waals surface area contributed by atoms with Crippen LogP contribution in [0, 0.1) is 17.2 Å². The van der Waals surface area contributed by atoms with E-state index < -0.39 is 5.91 Å². The Morgan fingerprint density at radius 2 is 1.83 bits per heavy atom. The number of piperidine rings is 1. The average molecular weight is 478 g/mol. The van der Waals surface area contributed by atoms with Gasteiger partial charge in [0.1, 0.15) is 11.9 Å². The normalized spacial score (nSPS) is 13.7. The number of fused-ring (bicyclic) bond motifs is 1. The third-order valence-electron chi connectivity index (χ3n) is 6.28. The first-order valence-electron chi connectivity index (χ1n) is 11.6. The molecule has 0 atom stereocenters. The standard InChI is InChI=1S/C27H23N7O2/c28-15-18-7-8-25(30-16-18)34-12-9-19(10-13-34)26(35)32-33-27(36)22-14-24(20-4-3-11-29-17-20)31-23-6-2-1-5-21(22)23/h1-8,11,14,16-17,19H,9-10,12-13H2,(H,32,35)(H,33,36). The van der Waals surface area contributed by atoms with Crippen LogP contribution in [0.4, 0.5) is 5.82 Å². The molecule has 1 aromatic carbocycles. The monoisotopic (exact) mass is 477 g/mol. The quantitative estimate of drug-likeness (QED) is 0.433. The first kappa shape index (κ1) is 22.9. The highest BCUT2D eigenvalue weighted by molar-refractivity contribution is 6.07. The number of anilines is 1. The predicted octanol–water partition coefficient (Wildman–Crippen LogP) is 3.24. The van der Waals surface area contributed by atoms with Crippen LogP contribution >= 0.6 is 0 Å². The molecule has 0 aliphatic carbocycles. The molecule has 1 aliphatic heterocycles. The molecule has 4 aromatic rings. The molecular formula is C27H23N7O2. The number of hydrogen-bond donors (Lipinski definition) is 2. The molecule has 0 bridgehead atoms. The van der Waals surface area contributed by atoms with E-state index in [1.807, 2.05) is 42.5 Å². The lowest BCUT2D eigenvalue weighted by atomic mass is 9.96. The van der Waals surface area contributed by atoms with Gasteiger partial charge in [-0.25, -0.2) is 9.97 Å². The van der Waals surface area contributed by atoms with Gasteiger partial charge in [-0.2, -0.15) is 5.26 Å². The van der Waals surface area contributed by atoms with Gasteiger partial charge in [-0.3, -0.25) is 25.4 Å². The lowest BCUT2D eigenvalue weighted by Crippen LogP contribution is -2.47. The first-order chi connectivity index (χ1) is 17.6. The summed E-state index contributed by atoms with van der Waals surface area (Å²) in [6.45, 7) is 1.32. The zero-order chi connectivity index (χ0) is 24.9. The smallest absolute Gasteiger partial charge is 0.270 e. The van der Waals surface area contributed by atoms with Crippen LogP contribution < -0.4 is 15.8 Å². The van der Waals surface area contributed by atoms with Crippen molar-refractivity contribution in [2.24, 2.45) is 5.92 Å². The summed E-state index contributed by atoms with van der Waals surface area (Å²) in [7, 11) is 0. The average Bonchev–Trinajstić information content (AvgIpc) is 2.95. The number of aromatic nitrogens is 3. The highest BCUT2D eigenvalue weighted by Gasteiger charge is 2.26. The minimum absolute atomic E-state index is 0.221. The number of pyridine rings is 3. The molecule has 9 heteroatoms. The second-order valence-electron chi connectivity index (χ2n) is 8.54. The van der Waals surface area contributed by atoms with Gasteiger partial charge in [0.15, 0.2) is 0 Å². The summed E-state index contributed by atoms with van der Waals surface area (Å²) in [6, 6.07) is 18.4. The molecule has 0 radical (unpaired) electrons. The Bertz CT molecular complexity index is 1440. The van der Waals surface area contributed by atoms with Gasteiger partial charge >= 0.3 is 0 Å². The first-order valence-corrected chi connectivity index (χ1v) is 11.6. The van der Waals surface area contributed by atoms with Gasteiger partial charge < -0.3 is 4.90 Å². The molecule has 36 heavy (non-hydrogen) atoms. The van der Waals surface area contributed by atoms with E-state index in [4.69, 9.17) is 5.26 Å². The van der Waals surface area contributed by atoms with Gasteiger partial charge in [-0.15, -0.1) is 0 Å². The fraction of sp³-hybridized carbons (Fsp3) is 0.185. The molecule has 4 heterocycles. The maximum absolute atomic E-state index is 13.1. The minimum Gasteiger partial charge on any atom is -0.357 e. The van der Waals surface area contributed by atoms with Crippen molar-refractivity contribution in [3.8, 4) is 17.3 Å². The van der Waals surface area contributed by atoms with Crippen LogP contribution in [0.25, 0.3) is 22.2 Å². The Hall–Kier alpha value is -4.84. The second-order valence-corrected chi connectivity index (χ2v) is 8.54. The largest absolute Gasteiger partial charge is 0.357 e. The Labute approximate surface area is 207 Å². The number of benzene rings is 1. The fourth-order valence-electron chi connectivity index (χ4n) is 4.32. The predicted molar refractivity (Wildman–Crippen MR) is 134 cm³/mol. The lowest BCUT2D eigenvalue weighted by Gasteiger charge is -2.32. The van der Waals surface area contributed by atoms with Gasteiger partial charge in [-0.05, 0) is 49.2 Å². The second kappa shape index (κ2) is 10.2. The Morgan fingerprint density at radius 1 is 1.00 bits per heavy atom. The fourth-order valence-corrected chi connectivity index (χ4v) is 4.32. The van der Waals surface area contributed by atoms with Crippen LogP contribution in [-0.4, -0.2) is 39.9 Å². The number of para-hydroxylation sites is 1. The van der Waals surface area contributed by atoms with Crippen molar-refractivity contribution < 1.29 is 9.59 Å². The van der Waals surface area contributed by atoms with Crippen LogP contribution in [0.15, 0.2) is 73.2 Å². The third kappa shape index (κ3) is 4.83. The molecule has 2 N–H and O–H groups in total. The Morgan fingerprint density at radius 3 is 2.56 bits per heavy atom. The molecule has 1 aliphatic rings. The van der Waals surface area contributed by atoms with E-state index in [9.17, 15) is 9.59 Å². The number of nitrogens with zero attached hydrogens (tertiary/aromatic N) is 5. The van der Waals surface area contributed by atoms with Gasteiger partial charge in [0.25, 0.3) is 5.91 Å². The van der Waals surface area contributed by atoms with Gasteiger partial charge in [-0.1, -0.05) is 18.2 Å². The highest BCUT2D eigenvalue weighted by Crippen LogP contribution is 2.25. The zero-order valence-corrected chi connectivity index (χ0v) is 19.4. The van der Waals surface area contributed by atoms with Crippen molar-refractivity contribution >= 4 is 28.5 Å². The molecule has 0 unspecified atom stereocenters. The van der Waals surface area contributed by atoms with Crippen molar-refractivity contribution in [3.05, 3.63) is 84.3 Å². The summed E-state index contributed by atoms with van der Waals surface area (Å²) in [6.07, 6.45) is 6.19. The van der Waals surface area contributed by atoms with Crippen LogP contribution in [0.5, 0.6) is 0 Å². The lowest BCUT2D eigenvalue weighted by molar-refractivity contribution is -0.126. The van der Waals surface area contributed by atoms with Crippen molar-refractivity contribution in [1.82, 2.24) is 25.8 Å². The molecule has 9 nitrogen and oxygen atoms in total. The number of amides is 2. The molecule has 5 rings (SSSR count). The van der Waals surface area contributed by atoms with E-state index in [1.165, 1.54) is 0 Å². The molecular weight excluding hydrogens is 454 g/mol. The minimum atomic E-state index is -0.411.